The van der Waals surface area contributed by atoms with Crippen LogP contribution in [0.15, 0.2) is 67.3 Å². The molecule has 36 heavy (non-hydrogen) atoms. The van der Waals surface area contributed by atoms with Crippen molar-refractivity contribution >= 4 is 5.97 Å². The van der Waals surface area contributed by atoms with Crippen LogP contribution in [0.2, 0.25) is 0 Å². The summed E-state index contributed by atoms with van der Waals surface area (Å²) in [6, 6.07) is 13.8. The molecule has 1 fully saturated rings. The Morgan fingerprint density at radius 3 is 2.31 bits per heavy atom. The van der Waals surface area contributed by atoms with Crippen LogP contribution in [0.1, 0.15) is 60.9 Å². The summed E-state index contributed by atoms with van der Waals surface area (Å²) in [6.07, 6.45) is 5.88. The van der Waals surface area contributed by atoms with Gasteiger partial charge in [-0.3, -0.25) is 0 Å². The van der Waals surface area contributed by atoms with E-state index in [1.54, 1.807) is 30.3 Å². The molecule has 4 rings (SSSR count). The van der Waals surface area contributed by atoms with Gasteiger partial charge in [-0.15, -0.1) is 6.58 Å². The number of benzene rings is 3. The van der Waals surface area contributed by atoms with E-state index in [0.29, 0.717) is 35.6 Å². The molecule has 0 aliphatic heterocycles. The number of hydrogen-bond acceptors (Lipinski definition) is 3. The van der Waals surface area contributed by atoms with Crippen molar-refractivity contribution in [2.24, 2.45) is 5.92 Å². The molecule has 0 aromatic heterocycles. The smallest absolute Gasteiger partial charge is 0.346 e. The first kappa shape index (κ1) is 25.5. The molecule has 0 radical (unpaired) electrons. The molecular formula is C30H29F3O3. The molecule has 3 nitrogen and oxygen atoms in total. The predicted octanol–water partition coefficient (Wildman–Crippen LogP) is 8.24. The summed E-state index contributed by atoms with van der Waals surface area (Å²) in [5.41, 5.74) is 1.18. The van der Waals surface area contributed by atoms with Gasteiger partial charge in [-0.25, -0.2) is 18.0 Å². The van der Waals surface area contributed by atoms with E-state index in [1.807, 2.05) is 0 Å². The average Bonchev–Trinajstić information content (AvgIpc) is 2.88. The van der Waals surface area contributed by atoms with Gasteiger partial charge in [-0.05, 0) is 78.1 Å². The van der Waals surface area contributed by atoms with E-state index in [0.717, 1.165) is 25.7 Å². The standard InChI is InChI=1S/C30H29F3O3/c1-3-4-17-35-27-16-11-22(18-26(27)31)20-9-12-23(13-10-20)36-30(34)25-15-14-24(28(32)29(25)33)21-7-5-19(2)6-8-21/h3,9-16,18-19,21H,1,4-8,17H2,2H3. The summed E-state index contributed by atoms with van der Waals surface area (Å²) in [5, 5.41) is 0. The first-order chi connectivity index (χ1) is 17.4. The third-order valence-electron chi connectivity index (χ3n) is 6.70. The highest BCUT2D eigenvalue weighted by molar-refractivity contribution is 5.91. The van der Waals surface area contributed by atoms with E-state index >= 15 is 0 Å². The maximum absolute atomic E-state index is 14.8. The van der Waals surface area contributed by atoms with Crippen molar-refractivity contribution in [1.29, 1.82) is 0 Å². The molecule has 1 aliphatic rings. The van der Waals surface area contributed by atoms with E-state index in [-0.39, 0.29) is 17.4 Å². The Kier molecular flexibility index (Phi) is 8.14. The zero-order chi connectivity index (χ0) is 25.7. The van der Waals surface area contributed by atoms with Crippen LogP contribution in [-0.4, -0.2) is 12.6 Å². The van der Waals surface area contributed by atoms with Crippen LogP contribution in [-0.2, 0) is 0 Å². The molecule has 3 aromatic rings. The van der Waals surface area contributed by atoms with Gasteiger partial charge in [0, 0.05) is 0 Å². The van der Waals surface area contributed by atoms with Crippen LogP contribution in [0.3, 0.4) is 0 Å². The molecule has 1 aliphatic carbocycles. The SMILES string of the molecule is C=CCCOc1ccc(-c2ccc(OC(=O)c3ccc(C4CCC(C)CC4)c(F)c3F)cc2)cc1F. The van der Waals surface area contributed by atoms with Crippen molar-refractivity contribution < 1.29 is 27.4 Å². The number of carbonyl (C=O) groups excluding carboxylic acids is 1. The van der Waals surface area contributed by atoms with Crippen molar-refractivity contribution in [3.05, 3.63) is 95.8 Å². The number of ether oxygens (including phenoxy) is 2. The van der Waals surface area contributed by atoms with Crippen LogP contribution in [0, 0.1) is 23.4 Å². The van der Waals surface area contributed by atoms with Crippen molar-refractivity contribution in [1.82, 2.24) is 0 Å². The number of carbonyl (C=O) groups is 1. The molecule has 0 bridgehead atoms. The Morgan fingerprint density at radius 2 is 1.64 bits per heavy atom. The second-order valence-electron chi connectivity index (χ2n) is 9.27. The number of rotatable bonds is 8. The van der Waals surface area contributed by atoms with Crippen LogP contribution in [0.4, 0.5) is 13.2 Å². The lowest BCUT2D eigenvalue weighted by Gasteiger charge is -2.27. The van der Waals surface area contributed by atoms with Gasteiger partial charge < -0.3 is 9.47 Å². The van der Waals surface area contributed by atoms with Gasteiger partial charge in [0.25, 0.3) is 0 Å². The van der Waals surface area contributed by atoms with Gasteiger partial charge in [-0.2, -0.15) is 0 Å². The summed E-state index contributed by atoms with van der Waals surface area (Å²) >= 11 is 0. The van der Waals surface area contributed by atoms with Gasteiger partial charge in [0.1, 0.15) is 5.75 Å². The molecule has 0 saturated heterocycles. The molecule has 1 saturated carbocycles. The maximum Gasteiger partial charge on any atom is 0.346 e. The molecule has 6 heteroatoms. The van der Waals surface area contributed by atoms with E-state index in [2.05, 4.69) is 13.5 Å². The maximum atomic E-state index is 14.8. The molecule has 0 amide bonds. The van der Waals surface area contributed by atoms with Crippen molar-refractivity contribution in [3.63, 3.8) is 0 Å². The van der Waals surface area contributed by atoms with Crippen LogP contribution in [0.5, 0.6) is 11.5 Å². The average molecular weight is 495 g/mol. The third-order valence-corrected chi connectivity index (χ3v) is 6.70. The van der Waals surface area contributed by atoms with Crippen LogP contribution in [0.25, 0.3) is 11.1 Å². The number of esters is 1. The van der Waals surface area contributed by atoms with Gasteiger partial charge in [0.15, 0.2) is 23.2 Å². The molecular weight excluding hydrogens is 465 g/mol. The van der Waals surface area contributed by atoms with Gasteiger partial charge in [-0.1, -0.05) is 50.1 Å². The lowest BCUT2D eigenvalue weighted by Crippen LogP contribution is -2.16. The first-order valence-electron chi connectivity index (χ1n) is 12.2. The minimum Gasteiger partial charge on any atom is -0.490 e. The van der Waals surface area contributed by atoms with E-state index in [1.165, 1.54) is 30.3 Å². The van der Waals surface area contributed by atoms with Crippen molar-refractivity contribution in [2.45, 2.75) is 44.9 Å². The zero-order valence-electron chi connectivity index (χ0n) is 20.2. The number of hydrogen-bond donors (Lipinski definition) is 0. The number of halogens is 3. The highest BCUT2D eigenvalue weighted by Crippen LogP contribution is 2.37. The molecule has 3 aromatic carbocycles. The Hall–Kier alpha value is -3.54. The summed E-state index contributed by atoms with van der Waals surface area (Å²) in [5.74, 6) is -2.74. The van der Waals surface area contributed by atoms with E-state index in [4.69, 9.17) is 9.47 Å². The summed E-state index contributed by atoms with van der Waals surface area (Å²) < 4.78 is 54.6. The largest absolute Gasteiger partial charge is 0.490 e. The molecule has 0 N–H and O–H groups in total. The van der Waals surface area contributed by atoms with Crippen molar-refractivity contribution in [2.75, 3.05) is 6.61 Å². The third kappa shape index (κ3) is 5.81. The fraction of sp³-hybridized carbons (Fsp3) is 0.300. The second-order valence-corrected chi connectivity index (χ2v) is 9.27. The highest BCUT2D eigenvalue weighted by Gasteiger charge is 2.27. The van der Waals surface area contributed by atoms with Crippen LogP contribution >= 0.6 is 0 Å². The minimum atomic E-state index is -1.18. The Morgan fingerprint density at radius 1 is 0.944 bits per heavy atom. The molecule has 0 spiro atoms. The van der Waals surface area contributed by atoms with Crippen LogP contribution < -0.4 is 9.47 Å². The monoisotopic (exact) mass is 494 g/mol. The van der Waals surface area contributed by atoms with E-state index < -0.39 is 29.0 Å². The first-order valence-corrected chi connectivity index (χ1v) is 12.2. The lowest BCUT2D eigenvalue weighted by atomic mass is 9.79. The molecule has 0 heterocycles. The Bertz CT molecular complexity index is 1230. The molecule has 0 atom stereocenters. The Labute approximate surface area is 209 Å². The normalized spacial score (nSPS) is 17.4. The molecule has 188 valence electrons. The summed E-state index contributed by atoms with van der Waals surface area (Å²) in [7, 11) is 0. The topological polar surface area (TPSA) is 35.5 Å². The van der Waals surface area contributed by atoms with Gasteiger partial charge in [0.2, 0.25) is 0 Å². The van der Waals surface area contributed by atoms with Gasteiger partial charge in [0.05, 0.1) is 12.2 Å². The van der Waals surface area contributed by atoms with Gasteiger partial charge >= 0.3 is 5.97 Å². The fourth-order valence-corrected chi connectivity index (χ4v) is 4.54. The summed E-state index contributed by atoms with van der Waals surface area (Å²) in [6.45, 7) is 6.10. The minimum absolute atomic E-state index is 0.0362. The van der Waals surface area contributed by atoms with Crippen molar-refractivity contribution in [3.8, 4) is 22.6 Å². The zero-order valence-corrected chi connectivity index (χ0v) is 20.2. The highest BCUT2D eigenvalue weighted by atomic mass is 19.2. The summed E-state index contributed by atoms with van der Waals surface area (Å²) in [4.78, 5) is 12.6. The van der Waals surface area contributed by atoms with E-state index in [9.17, 15) is 18.0 Å². The quantitative estimate of drug-likeness (QED) is 0.137. The molecule has 0 unspecified atom stereocenters. The predicted molar refractivity (Wildman–Crippen MR) is 134 cm³/mol. The lowest BCUT2D eigenvalue weighted by molar-refractivity contribution is 0.0728. The second kappa shape index (κ2) is 11.5. The fourth-order valence-electron chi connectivity index (χ4n) is 4.54. The Balaban J connectivity index is 1.43.